The van der Waals surface area contributed by atoms with E-state index in [0.29, 0.717) is 0 Å². The van der Waals surface area contributed by atoms with Gasteiger partial charge >= 0.3 is 0 Å². The molecule has 0 aliphatic heterocycles. The Kier molecular flexibility index (Phi) is 3.25. The molecule has 0 aliphatic carbocycles. The number of nitrogens with zero attached hydrogens (tertiary/aromatic N) is 2. The SMILES string of the molecule is CN(CC#N)S(=O)(=O)C(C)(C)C. The fraction of sp³-hybridized carbons (Fsp3) is 0.857. The molecule has 0 bridgehead atoms. The molecule has 0 fully saturated rings. The third kappa shape index (κ3) is 2.19. The number of hydrogen-bond donors (Lipinski definition) is 0. The van der Waals surface area contributed by atoms with Gasteiger partial charge in [0.2, 0.25) is 10.0 Å². The Hall–Kier alpha value is -0.600. The van der Waals surface area contributed by atoms with Crippen LogP contribution in [0.15, 0.2) is 0 Å². The van der Waals surface area contributed by atoms with E-state index in [-0.39, 0.29) is 6.54 Å². The van der Waals surface area contributed by atoms with E-state index in [1.54, 1.807) is 26.8 Å². The maximum atomic E-state index is 11.5. The largest absolute Gasteiger partial charge is 0.219 e. The topological polar surface area (TPSA) is 61.2 Å². The summed E-state index contributed by atoms with van der Waals surface area (Å²) in [4.78, 5) is 0. The highest BCUT2D eigenvalue weighted by atomic mass is 32.2. The summed E-state index contributed by atoms with van der Waals surface area (Å²) >= 11 is 0. The van der Waals surface area contributed by atoms with Crippen LogP contribution in [0.1, 0.15) is 20.8 Å². The van der Waals surface area contributed by atoms with Crippen LogP contribution < -0.4 is 0 Å². The molecule has 0 aliphatic rings. The highest BCUT2D eigenvalue weighted by molar-refractivity contribution is 7.90. The molecule has 0 saturated carbocycles. The first-order chi connectivity index (χ1) is 5.23. The third-order valence-corrected chi connectivity index (χ3v) is 3.98. The van der Waals surface area contributed by atoms with Crippen LogP contribution in [-0.2, 0) is 10.0 Å². The molecule has 0 spiro atoms. The summed E-state index contributed by atoms with van der Waals surface area (Å²) in [6.45, 7) is 4.72. The number of rotatable bonds is 2. The van der Waals surface area contributed by atoms with Crippen LogP contribution in [0.25, 0.3) is 0 Å². The molecule has 0 heterocycles. The molecule has 0 unspecified atom stereocenters. The average molecular weight is 190 g/mol. The van der Waals surface area contributed by atoms with Crippen molar-refractivity contribution in [3.63, 3.8) is 0 Å². The highest BCUT2D eigenvalue weighted by Crippen LogP contribution is 2.17. The summed E-state index contributed by atoms with van der Waals surface area (Å²) in [5, 5.41) is 8.31. The van der Waals surface area contributed by atoms with Gasteiger partial charge in [-0.05, 0) is 20.8 Å². The Morgan fingerprint density at radius 3 is 2.08 bits per heavy atom. The predicted molar refractivity (Wildman–Crippen MR) is 46.9 cm³/mol. The molecule has 0 rings (SSSR count). The van der Waals surface area contributed by atoms with Gasteiger partial charge in [-0.2, -0.15) is 9.57 Å². The minimum atomic E-state index is -3.33. The fourth-order valence-corrected chi connectivity index (χ4v) is 1.81. The van der Waals surface area contributed by atoms with Gasteiger partial charge in [-0.25, -0.2) is 8.42 Å². The molecule has 0 amide bonds. The van der Waals surface area contributed by atoms with Gasteiger partial charge in [0.1, 0.15) is 6.54 Å². The van der Waals surface area contributed by atoms with E-state index in [1.807, 2.05) is 0 Å². The van der Waals surface area contributed by atoms with Gasteiger partial charge < -0.3 is 0 Å². The van der Waals surface area contributed by atoms with E-state index >= 15 is 0 Å². The van der Waals surface area contributed by atoms with Crippen molar-refractivity contribution in [2.24, 2.45) is 0 Å². The third-order valence-electron chi connectivity index (χ3n) is 1.48. The van der Waals surface area contributed by atoms with Gasteiger partial charge in [0.05, 0.1) is 10.8 Å². The molecular formula is C7H14N2O2S. The van der Waals surface area contributed by atoms with Crippen LogP contribution in [0.3, 0.4) is 0 Å². The molecule has 4 nitrogen and oxygen atoms in total. The van der Waals surface area contributed by atoms with Crippen molar-refractivity contribution in [1.29, 1.82) is 5.26 Å². The van der Waals surface area contributed by atoms with Gasteiger partial charge in [-0.1, -0.05) is 0 Å². The zero-order chi connectivity index (χ0) is 9.99. The quantitative estimate of drug-likeness (QED) is 0.598. The zero-order valence-electron chi connectivity index (χ0n) is 7.83. The van der Waals surface area contributed by atoms with E-state index in [2.05, 4.69) is 0 Å². The second kappa shape index (κ2) is 3.42. The molecule has 12 heavy (non-hydrogen) atoms. The molecule has 0 N–H and O–H groups in total. The molecule has 0 saturated heterocycles. The van der Waals surface area contributed by atoms with Crippen molar-refractivity contribution in [2.75, 3.05) is 13.6 Å². The first-order valence-corrected chi connectivity index (χ1v) is 5.00. The number of sulfonamides is 1. The lowest BCUT2D eigenvalue weighted by molar-refractivity contribution is 0.471. The summed E-state index contributed by atoms with van der Waals surface area (Å²) in [7, 11) is -1.92. The Labute approximate surface area is 73.8 Å². The minimum Gasteiger partial charge on any atom is -0.212 e. The number of hydrogen-bond acceptors (Lipinski definition) is 3. The van der Waals surface area contributed by atoms with E-state index in [0.717, 1.165) is 4.31 Å². The zero-order valence-corrected chi connectivity index (χ0v) is 8.64. The Balaban J connectivity index is 4.79. The van der Waals surface area contributed by atoms with Crippen molar-refractivity contribution in [2.45, 2.75) is 25.5 Å². The molecule has 0 aromatic rings. The van der Waals surface area contributed by atoms with Crippen molar-refractivity contribution in [3.8, 4) is 6.07 Å². The normalized spacial score (nSPS) is 13.0. The van der Waals surface area contributed by atoms with Crippen LogP contribution in [0.5, 0.6) is 0 Å². The van der Waals surface area contributed by atoms with E-state index in [1.165, 1.54) is 7.05 Å². The molecule has 0 radical (unpaired) electrons. The summed E-state index contributed by atoms with van der Waals surface area (Å²) in [5.74, 6) is 0. The second-order valence-corrected chi connectivity index (χ2v) is 6.33. The van der Waals surface area contributed by atoms with Gasteiger partial charge in [-0.3, -0.25) is 0 Å². The van der Waals surface area contributed by atoms with Gasteiger partial charge in [0, 0.05) is 7.05 Å². The van der Waals surface area contributed by atoms with Crippen molar-refractivity contribution in [1.82, 2.24) is 4.31 Å². The molecule has 0 aromatic carbocycles. The lowest BCUT2D eigenvalue weighted by Crippen LogP contribution is -2.40. The molecule has 0 aromatic heterocycles. The Bertz CT molecular complexity index is 282. The van der Waals surface area contributed by atoms with Crippen LogP contribution in [0.2, 0.25) is 0 Å². The lowest BCUT2D eigenvalue weighted by Gasteiger charge is -2.24. The smallest absolute Gasteiger partial charge is 0.212 e. The second-order valence-electron chi connectivity index (χ2n) is 3.53. The summed E-state index contributed by atoms with van der Waals surface area (Å²) in [6.07, 6.45) is 0. The molecule has 0 atom stereocenters. The van der Waals surface area contributed by atoms with Crippen LogP contribution in [0.4, 0.5) is 0 Å². The highest BCUT2D eigenvalue weighted by Gasteiger charge is 2.32. The van der Waals surface area contributed by atoms with Crippen molar-refractivity contribution in [3.05, 3.63) is 0 Å². The van der Waals surface area contributed by atoms with E-state index in [4.69, 9.17) is 5.26 Å². The summed E-state index contributed by atoms with van der Waals surface area (Å²) < 4.78 is 23.3. The summed E-state index contributed by atoms with van der Waals surface area (Å²) in [5.41, 5.74) is 0. The average Bonchev–Trinajstić information content (AvgIpc) is 1.85. The minimum absolute atomic E-state index is 0.0976. The van der Waals surface area contributed by atoms with Crippen molar-refractivity contribution >= 4 is 10.0 Å². The first-order valence-electron chi connectivity index (χ1n) is 3.56. The van der Waals surface area contributed by atoms with E-state index in [9.17, 15) is 8.42 Å². The molecule has 70 valence electrons. The van der Waals surface area contributed by atoms with Crippen molar-refractivity contribution < 1.29 is 8.42 Å². The van der Waals surface area contributed by atoms with Crippen LogP contribution >= 0.6 is 0 Å². The van der Waals surface area contributed by atoms with Crippen LogP contribution in [-0.4, -0.2) is 31.1 Å². The van der Waals surface area contributed by atoms with Gasteiger partial charge in [0.15, 0.2) is 0 Å². The molecule has 5 heteroatoms. The van der Waals surface area contributed by atoms with Gasteiger partial charge in [-0.15, -0.1) is 0 Å². The fourth-order valence-electron chi connectivity index (χ4n) is 0.652. The number of nitriles is 1. The van der Waals surface area contributed by atoms with Gasteiger partial charge in [0.25, 0.3) is 0 Å². The van der Waals surface area contributed by atoms with Crippen LogP contribution in [0, 0.1) is 11.3 Å². The maximum absolute atomic E-state index is 11.5. The summed E-state index contributed by atoms with van der Waals surface area (Å²) in [6, 6.07) is 1.79. The Morgan fingerprint density at radius 2 is 1.83 bits per heavy atom. The predicted octanol–water partition coefficient (Wildman–Crippen LogP) is 0.570. The Morgan fingerprint density at radius 1 is 1.42 bits per heavy atom. The van der Waals surface area contributed by atoms with E-state index < -0.39 is 14.8 Å². The maximum Gasteiger partial charge on any atom is 0.219 e. The molecular weight excluding hydrogens is 176 g/mol. The lowest BCUT2D eigenvalue weighted by atomic mass is 10.3. The standard InChI is InChI=1S/C7H14N2O2S/c1-7(2,3)12(10,11)9(4)6-5-8/h6H2,1-4H3. The first kappa shape index (κ1) is 11.4. The monoisotopic (exact) mass is 190 g/mol.